The maximum Gasteiger partial charge on any atom is 0.294 e. The van der Waals surface area contributed by atoms with E-state index in [4.69, 9.17) is 19.0 Å². The number of rotatable bonds is 6. The van der Waals surface area contributed by atoms with Gasteiger partial charge < -0.3 is 19.4 Å². The number of halogens is 1. The molecule has 2 saturated carbocycles. The second-order valence-electron chi connectivity index (χ2n) is 9.58. The molecule has 2 N–H and O–H groups in total. The van der Waals surface area contributed by atoms with Crippen molar-refractivity contribution in [2.24, 2.45) is 11.8 Å². The van der Waals surface area contributed by atoms with Crippen LogP contribution in [0.25, 0.3) is 11.2 Å². The van der Waals surface area contributed by atoms with Crippen molar-refractivity contribution in [3.8, 4) is 0 Å². The molecule has 5 atom stereocenters. The van der Waals surface area contributed by atoms with Crippen molar-refractivity contribution >= 4 is 49.7 Å². The fourth-order valence-electron chi connectivity index (χ4n) is 5.41. The second kappa shape index (κ2) is 7.82. The number of nitrogens with one attached hydrogen (secondary N) is 1. The van der Waals surface area contributed by atoms with Gasteiger partial charge in [0.15, 0.2) is 26.6 Å². The van der Waals surface area contributed by atoms with Crippen LogP contribution in [0.2, 0.25) is 0 Å². The highest BCUT2D eigenvalue weighted by atomic mass is 127. The van der Waals surface area contributed by atoms with Crippen LogP contribution in [-0.2, 0) is 26.0 Å². The quantitative estimate of drug-likeness (QED) is 0.250. The summed E-state index contributed by atoms with van der Waals surface area (Å²) in [6.07, 6.45) is 3.73. The summed E-state index contributed by atoms with van der Waals surface area (Å²) < 4.78 is 46.8. The van der Waals surface area contributed by atoms with E-state index in [0.717, 1.165) is 17.6 Å². The highest BCUT2D eigenvalue weighted by Crippen LogP contribution is 2.63. The molecule has 180 valence electrons. The van der Waals surface area contributed by atoms with Gasteiger partial charge in [0.1, 0.15) is 6.10 Å². The first-order chi connectivity index (χ1) is 16.1. The summed E-state index contributed by atoms with van der Waals surface area (Å²) in [5.74, 6) is 1.12. The van der Waals surface area contributed by atoms with Gasteiger partial charge in [0, 0.05) is 29.1 Å². The molecule has 1 aromatic carbocycles. The summed E-state index contributed by atoms with van der Waals surface area (Å²) in [6.45, 7) is 4.51. The lowest BCUT2D eigenvalue weighted by Gasteiger charge is -2.24. The highest BCUT2D eigenvalue weighted by molar-refractivity contribution is 14.1. The Labute approximate surface area is 210 Å². The number of fused-ring (bicyclic) bond motifs is 4. The minimum atomic E-state index is -4.19. The van der Waals surface area contributed by atoms with Crippen molar-refractivity contribution in [3.63, 3.8) is 0 Å². The molecule has 2 aromatic heterocycles. The van der Waals surface area contributed by atoms with Gasteiger partial charge in [0.2, 0.25) is 0 Å². The van der Waals surface area contributed by atoms with Crippen LogP contribution in [-0.4, -0.2) is 57.0 Å². The predicted octanol–water partition coefficient (Wildman–Crippen LogP) is 3.04. The van der Waals surface area contributed by atoms with Crippen molar-refractivity contribution in [3.05, 3.63) is 40.0 Å². The largest absolute Gasteiger partial charge is 0.368 e. The standard InChI is InChI=1S/C22H24IN5O5S/c1-22(2)32-17-14-9-13(14)16(18(17)33-22)28-10-25-15-19(26-21(23)27-20(15)28)24-8-7-11-3-5-12(6-4-11)34(29,30)31/h3-6,10,13-14,16-18H,7-9H2,1-2H3,(H,24,26,27)(H,29,30,31)/t13-,14+,16+,17+,18-/m0/s1. The van der Waals surface area contributed by atoms with Gasteiger partial charge in [-0.05, 0) is 56.2 Å². The molecule has 3 fully saturated rings. The van der Waals surface area contributed by atoms with Crippen molar-refractivity contribution in [1.29, 1.82) is 0 Å². The Morgan fingerprint density at radius 2 is 1.91 bits per heavy atom. The molecular weight excluding hydrogens is 573 g/mol. The molecule has 3 aromatic rings. The first-order valence-electron chi connectivity index (χ1n) is 11.2. The number of hydrogen-bond acceptors (Lipinski definition) is 8. The van der Waals surface area contributed by atoms with E-state index >= 15 is 0 Å². The lowest BCUT2D eigenvalue weighted by atomic mass is 10.1. The molecule has 6 rings (SSSR count). The molecule has 34 heavy (non-hydrogen) atoms. The monoisotopic (exact) mass is 597 g/mol. The normalized spacial score (nSPS) is 29.2. The van der Waals surface area contributed by atoms with Crippen LogP contribution in [0.3, 0.4) is 0 Å². The molecule has 3 aliphatic rings. The molecule has 1 aliphatic heterocycles. The molecule has 2 aliphatic carbocycles. The van der Waals surface area contributed by atoms with Gasteiger partial charge in [0.25, 0.3) is 10.1 Å². The van der Waals surface area contributed by atoms with E-state index in [9.17, 15) is 8.42 Å². The summed E-state index contributed by atoms with van der Waals surface area (Å²) in [6, 6.07) is 6.31. The molecular formula is C22H24IN5O5S. The van der Waals surface area contributed by atoms with E-state index in [2.05, 4.69) is 42.4 Å². The minimum Gasteiger partial charge on any atom is -0.368 e. The molecule has 0 unspecified atom stereocenters. The molecule has 0 radical (unpaired) electrons. The van der Waals surface area contributed by atoms with Crippen LogP contribution in [0.4, 0.5) is 5.82 Å². The SMILES string of the molecule is CC1(C)O[C@@H]2[C@@H]3C[C@@H]3[C@@H](n3cnc4c(NCCc5ccc(S(=O)(=O)O)cc5)nc(I)nc43)[C@@H]2O1. The Hall–Kier alpha value is -1.87. The van der Waals surface area contributed by atoms with Gasteiger partial charge in [-0.1, -0.05) is 12.1 Å². The Bertz CT molecular complexity index is 1380. The number of anilines is 1. The first kappa shape index (κ1) is 22.6. The van der Waals surface area contributed by atoms with E-state index < -0.39 is 15.9 Å². The smallest absolute Gasteiger partial charge is 0.294 e. The van der Waals surface area contributed by atoms with E-state index in [1.165, 1.54) is 12.1 Å². The summed E-state index contributed by atoms with van der Waals surface area (Å²) in [4.78, 5) is 13.8. The number of ether oxygens (including phenoxy) is 2. The van der Waals surface area contributed by atoms with Gasteiger partial charge in [0.05, 0.1) is 23.4 Å². The van der Waals surface area contributed by atoms with Gasteiger partial charge >= 0.3 is 0 Å². The van der Waals surface area contributed by atoms with Crippen molar-refractivity contribution in [2.75, 3.05) is 11.9 Å². The maximum absolute atomic E-state index is 11.2. The van der Waals surface area contributed by atoms with Crippen molar-refractivity contribution in [1.82, 2.24) is 19.5 Å². The van der Waals surface area contributed by atoms with Crippen molar-refractivity contribution in [2.45, 2.75) is 55.6 Å². The summed E-state index contributed by atoms with van der Waals surface area (Å²) in [7, 11) is -4.19. The average Bonchev–Trinajstić information content (AvgIpc) is 3.19. The van der Waals surface area contributed by atoms with Crippen LogP contribution in [0, 0.1) is 15.7 Å². The van der Waals surface area contributed by atoms with Crippen LogP contribution in [0.5, 0.6) is 0 Å². The molecule has 1 saturated heterocycles. The van der Waals surface area contributed by atoms with E-state index in [1.807, 2.05) is 20.2 Å². The Balaban J connectivity index is 1.22. The van der Waals surface area contributed by atoms with Crippen LogP contribution >= 0.6 is 22.6 Å². The van der Waals surface area contributed by atoms with Crippen LogP contribution in [0.15, 0.2) is 35.5 Å². The average molecular weight is 597 g/mol. The van der Waals surface area contributed by atoms with E-state index in [0.29, 0.717) is 40.0 Å². The van der Waals surface area contributed by atoms with Gasteiger partial charge in [-0.2, -0.15) is 8.42 Å². The third-order valence-corrected chi connectivity index (χ3v) is 8.24. The van der Waals surface area contributed by atoms with Gasteiger partial charge in [-0.15, -0.1) is 0 Å². The molecule has 10 nitrogen and oxygen atoms in total. The Morgan fingerprint density at radius 1 is 1.18 bits per heavy atom. The molecule has 0 spiro atoms. The van der Waals surface area contributed by atoms with Crippen molar-refractivity contribution < 1.29 is 22.4 Å². The second-order valence-corrected chi connectivity index (χ2v) is 12.0. The summed E-state index contributed by atoms with van der Waals surface area (Å²) in [5.41, 5.74) is 2.42. The minimum absolute atomic E-state index is 0.00843. The molecule has 3 heterocycles. The molecule has 12 heteroatoms. The summed E-state index contributed by atoms with van der Waals surface area (Å²) in [5, 5.41) is 3.35. The Morgan fingerprint density at radius 3 is 2.65 bits per heavy atom. The topological polar surface area (TPSA) is 128 Å². The molecule has 0 amide bonds. The number of benzene rings is 1. The zero-order valence-electron chi connectivity index (χ0n) is 18.6. The zero-order chi connectivity index (χ0) is 23.8. The number of nitrogens with zero attached hydrogens (tertiary/aromatic N) is 4. The number of hydrogen-bond donors (Lipinski definition) is 2. The Kier molecular flexibility index (Phi) is 5.19. The maximum atomic E-state index is 11.2. The zero-order valence-corrected chi connectivity index (χ0v) is 21.5. The lowest BCUT2D eigenvalue weighted by Crippen LogP contribution is -2.30. The van der Waals surface area contributed by atoms with Gasteiger partial charge in [-0.3, -0.25) is 4.55 Å². The fourth-order valence-corrected chi connectivity index (χ4v) is 6.36. The fraction of sp³-hybridized carbons (Fsp3) is 0.500. The summed E-state index contributed by atoms with van der Waals surface area (Å²) >= 11 is 2.12. The number of imidazole rings is 1. The first-order valence-corrected chi connectivity index (χ1v) is 13.7. The third-order valence-electron chi connectivity index (χ3n) is 6.89. The van der Waals surface area contributed by atoms with E-state index in [1.54, 1.807) is 12.1 Å². The highest BCUT2D eigenvalue weighted by Gasteiger charge is 2.66. The van der Waals surface area contributed by atoms with Gasteiger partial charge in [-0.25, -0.2) is 15.0 Å². The number of aromatic nitrogens is 4. The molecule has 0 bridgehead atoms. The van der Waals surface area contributed by atoms with E-state index in [-0.39, 0.29) is 23.1 Å². The van der Waals surface area contributed by atoms with Crippen LogP contribution in [0.1, 0.15) is 31.9 Å². The predicted molar refractivity (Wildman–Crippen MR) is 131 cm³/mol. The third kappa shape index (κ3) is 3.88. The van der Waals surface area contributed by atoms with Crippen LogP contribution < -0.4 is 5.32 Å². The lowest BCUT2D eigenvalue weighted by molar-refractivity contribution is -0.156.